The molecule has 0 aliphatic rings. The molecule has 1 atom stereocenters. The van der Waals surface area contributed by atoms with E-state index in [0.29, 0.717) is 5.56 Å². The number of ether oxygens (including phenoxy) is 2. The zero-order valence-electron chi connectivity index (χ0n) is 8.88. The first-order valence-corrected chi connectivity index (χ1v) is 4.85. The topological polar surface area (TPSA) is 64.6 Å². The van der Waals surface area contributed by atoms with Crippen molar-refractivity contribution in [2.45, 2.75) is 13.2 Å². The van der Waals surface area contributed by atoms with Crippen molar-refractivity contribution in [2.75, 3.05) is 6.61 Å². The van der Waals surface area contributed by atoms with Crippen molar-refractivity contribution in [1.29, 1.82) is 0 Å². The number of amides is 1. The highest BCUT2D eigenvalue weighted by Gasteiger charge is 2.15. The second-order valence-electron chi connectivity index (χ2n) is 2.89. The van der Waals surface area contributed by atoms with E-state index < -0.39 is 12.3 Å². The zero-order valence-corrected chi connectivity index (χ0v) is 8.88. The summed E-state index contributed by atoms with van der Waals surface area (Å²) >= 11 is 0. The minimum absolute atomic E-state index is 0.258. The summed E-state index contributed by atoms with van der Waals surface area (Å²) in [6.45, 7) is 2.23. The largest absolute Gasteiger partial charge is 0.450 e. The Morgan fingerprint density at radius 2 is 2.12 bits per heavy atom. The molecular formula is C11H13NO4. The van der Waals surface area contributed by atoms with Gasteiger partial charge in [-0.3, -0.25) is 10.1 Å². The maximum absolute atomic E-state index is 11.2. The molecule has 16 heavy (non-hydrogen) atoms. The maximum Gasteiger partial charge on any atom is 0.410 e. The molecule has 1 amide bonds. The van der Waals surface area contributed by atoms with Crippen LogP contribution in [0.15, 0.2) is 30.3 Å². The van der Waals surface area contributed by atoms with Gasteiger partial charge < -0.3 is 9.47 Å². The number of hydrogen-bond acceptors (Lipinski definition) is 4. The predicted molar refractivity (Wildman–Crippen MR) is 56.5 cm³/mol. The first-order valence-electron chi connectivity index (χ1n) is 4.85. The second-order valence-corrected chi connectivity index (χ2v) is 2.89. The van der Waals surface area contributed by atoms with Gasteiger partial charge in [0.1, 0.15) is 0 Å². The second kappa shape index (κ2) is 6.44. The number of carbonyl (C=O) groups excluding carboxylic acids is 2. The molecule has 1 N–H and O–H groups in total. The van der Waals surface area contributed by atoms with Gasteiger partial charge in [0.2, 0.25) is 6.23 Å². The van der Waals surface area contributed by atoms with E-state index in [9.17, 15) is 9.59 Å². The predicted octanol–water partition coefficient (Wildman–Crippen LogP) is 1.60. The molecule has 1 aromatic rings. The first-order chi connectivity index (χ1) is 7.77. The lowest BCUT2D eigenvalue weighted by atomic mass is 10.2. The molecule has 0 radical (unpaired) electrons. The minimum Gasteiger partial charge on any atom is -0.450 e. The van der Waals surface area contributed by atoms with E-state index in [-0.39, 0.29) is 13.1 Å². The molecule has 1 unspecified atom stereocenters. The Morgan fingerprint density at radius 3 is 2.69 bits per heavy atom. The van der Waals surface area contributed by atoms with Crippen LogP contribution >= 0.6 is 0 Å². The quantitative estimate of drug-likeness (QED) is 0.608. The molecule has 1 rings (SSSR count). The molecule has 0 spiro atoms. The van der Waals surface area contributed by atoms with Gasteiger partial charge in [0.15, 0.2) is 0 Å². The Morgan fingerprint density at radius 1 is 1.44 bits per heavy atom. The summed E-state index contributed by atoms with van der Waals surface area (Å²) in [5, 5.41) is 2.42. The number of alkyl carbamates (subject to hydrolysis) is 1. The third-order valence-electron chi connectivity index (χ3n) is 1.82. The van der Waals surface area contributed by atoms with Crippen LogP contribution in [0.2, 0.25) is 0 Å². The van der Waals surface area contributed by atoms with Gasteiger partial charge in [-0.05, 0) is 6.92 Å². The smallest absolute Gasteiger partial charge is 0.410 e. The van der Waals surface area contributed by atoms with Crippen LogP contribution in [-0.4, -0.2) is 19.2 Å². The lowest BCUT2D eigenvalue weighted by molar-refractivity contribution is -0.135. The van der Waals surface area contributed by atoms with Gasteiger partial charge in [0.25, 0.3) is 6.47 Å². The highest BCUT2D eigenvalue weighted by atomic mass is 16.6. The van der Waals surface area contributed by atoms with Crippen LogP contribution in [-0.2, 0) is 14.3 Å². The van der Waals surface area contributed by atoms with Gasteiger partial charge >= 0.3 is 6.09 Å². The van der Waals surface area contributed by atoms with Crippen molar-refractivity contribution in [1.82, 2.24) is 5.32 Å². The van der Waals surface area contributed by atoms with Gasteiger partial charge in [-0.25, -0.2) is 4.79 Å². The third kappa shape index (κ3) is 3.61. The van der Waals surface area contributed by atoms with E-state index in [1.165, 1.54) is 0 Å². The Labute approximate surface area is 93.4 Å². The molecule has 0 aromatic heterocycles. The highest BCUT2D eigenvalue weighted by molar-refractivity contribution is 5.67. The average Bonchev–Trinajstić information content (AvgIpc) is 2.30. The van der Waals surface area contributed by atoms with Crippen LogP contribution < -0.4 is 5.32 Å². The monoisotopic (exact) mass is 223 g/mol. The highest BCUT2D eigenvalue weighted by Crippen LogP contribution is 2.12. The van der Waals surface area contributed by atoms with Crippen LogP contribution in [0.3, 0.4) is 0 Å². The minimum atomic E-state index is -0.822. The summed E-state index contributed by atoms with van der Waals surface area (Å²) in [6, 6.07) is 8.86. The Kier molecular flexibility index (Phi) is 4.85. The van der Waals surface area contributed by atoms with Crippen LogP contribution in [0.4, 0.5) is 4.79 Å². The van der Waals surface area contributed by atoms with Crippen molar-refractivity contribution in [3.8, 4) is 0 Å². The molecule has 1 aromatic carbocycles. The van der Waals surface area contributed by atoms with Crippen LogP contribution in [0.1, 0.15) is 18.7 Å². The molecule has 0 fully saturated rings. The van der Waals surface area contributed by atoms with E-state index in [1.807, 2.05) is 6.07 Å². The van der Waals surface area contributed by atoms with E-state index in [2.05, 4.69) is 5.32 Å². The molecule has 5 nitrogen and oxygen atoms in total. The van der Waals surface area contributed by atoms with Crippen molar-refractivity contribution in [3.63, 3.8) is 0 Å². The molecule has 0 aliphatic carbocycles. The Balaban J connectivity index is 2.68. The fourth-order valence-electron chi connectivity index (χ4n) is 1.16. The number of hydrogen-bond donors (Lipinski definition) is 1. The normalized spacial score (nSPS) is 11.3. The standard InChI is InChI=1S/C11H13NO4/c1-2-15-11(14)12-10(16-8-13)9-6-4-3-5-7-9/h3-8,10H,2H2,1H3,(H,12,14). The summed E-state index contributed by atoms with van der Waals surface area (Å²) in [5.74, 6) is 0. The van der Waals surface area contributed by atoms with Gasteiger partial charge in [0, 0.05) is 5.56 Å². The maximum atomic E-state index is 11.2. The first kappa shape index (κ1) is 12.0. The number of benzene rings is 1. The van der Waals surface area contributed by atoms with E-state index in [4.69, 9.17) is 9.47 Å². The fourth-order valence-corrected chi connectivity index (χ4v) is 1.16. The number of rotatable bonds is 5. The molecule has 0 heterocycles. The number of nitrogens with one attached hydrogen (secondary N) is 1. The summed E-state index contributed by atoms with van der Waals surface area (Å²) in [4.78, 5) is 21.5. The SMILES string of the molecule is CCOC(=O)NC(OC=O)c1ccccc1. The third-order valence-corrected chi connectivity index (χ3v) is 1.82. The van der Waals surface area contributed by atoms with Gasteiger partial charge in [-0.1, -0.05) is 30.3 Å². The molecule has 5 heteroatoms. The summed E-state index contributed by atoms with van der Waals surface area (Å²) in [7, 11) is 0. The van der Waals surface area contributed by atoms with Crippen molar-refractivity contribution < 1.29 is 19.1 Å². The van der Waals surface area contributed by atoms with Crippen molar-refractivity contribution in [2.24, 2.45) is 0 Å². The van der Waals surface area contributed by atoms with Crippen LogP contribution in [0, 0.1) is 0 Å². The lowest BCUT2D eigenvalue weighted by Crippen LogP contribution is -2.30. The molecule has 0 saturated carbocycles. The van der Waals surface area contributed by atoms with Gasteiger partial charge in [0.05, 0.1) is 6.61 Å². The van der Waals surface area contributed by atoms with Gasteiger partial charge in [-0.15, -0.1) is 0 Å². The summed E-state index contributed by atoms with van der Waals surface area (Å²) < 4.78 is 9.45. The van der Waals surface area contributed by atoms with Crippen LogP contribution in [0.5, 0.6) is 0 Å². The van der Waals surface area contributed by atoms with Crippen LogP contribution in [0.25, 0.3) is 0 Å². The Bertz CT molecular complexity index is 339. The van der Waals surface area contributed by atoms with E-state index in [1.54, 1.807) is 31.2 Å². The van der Waals surface area contributed by atoms with Crippen molar-refractivity contribution in [3.05, 3.63) is 35.9 Å². The van der Waals surface area contributed by atoms with E-state index >= 15 is 0 Å². The van der Waals surface area contributed by atoms with E-state index in [0.717, 1.165) is 0 Å². The molecule has 0 saturated heterocycles. The molecule has 0 aliphatic heterocycles. The molecule has 86 valence electrons. The van der Waals surface area contributed by atoms with Gasteiger partial charge in [-0.2, -0.15) is 0 Å². The van der Waals surface area contributed by atoms with Crippen molar-refractivity contribution >= 4 is 12.6 Å². The fraction of sp³-hybridized carbons (Fsp3) is 0.273. The zero-order chi connectivity index (χ0) is 11.8. The molecule has 0 bridgehead atoms. The summed E-state index contributed by atoms with van der Waals surface area (Å²) in [6.07, 6.45) is -1.45. The average molecular weight is 223 g/mol. The molecular weight excluding hydrogens is 210 g/mol. The lowest BCUT2D eigenvalue weighted by Gasteiger charge is -2.16. The summed E-state index contributed by atoms with van der Waals surface area (Å²) in [5.41, 5.74) is 0.669. The Hall–Kier alpha value is -2.04. The number of carbonyl (C=O) groups is 2.